The molecule has 4 rings (SSSR count). The van der Waals surface area contributed by atoms with Crippen LogP contribution >= 0.6 is 11.3 Å². The van der Waals surface area contributed by atoms with Gasteiger partial charge in [0.1, 0.15) is 17.0 Å². The van der Waals surface area contributed by atoms with E-state index in [1.165, 1.54) is 27.1 Å². The number of nitrogens with zero attached hydrogens (tertiary/aromatic N) is 2. The first-order chi connectivity index (χ1) is 12.1. The molecule has 0 amide bonds. The SMILES string of the molecule is Cc1ccc(C)c(Nc2ncnc3sc(C)c(-c4ccccc4)c23)c1. The maximum atomic E-state index is 4.56. The zero-order valence-corrected chi connectivity index (χ0v) is 15.3. The molecule has 0 atom stereocenters. The van der Waals surface area contributed by atoms with Crippen LogP contribution in [0.25, 0.3) is 21.3 Å². The van der Waals surface area contributed by atoms with Crippen molar-refractivity contribution in [1.29, 1.82) is 0 Å². The zero-order chi connectivity index (χ0) is 17.4. The molecule has 4 heteroatoms. The van der Waals surface area contributed by atoms with E-state index in [-0.39, 0.29) is 0 Å². The molecule has 0 aliphatic heterocycles. The average molecular weight is 345 g/mol. The molecule has 2 heterocycles. The summed E-state index contributed by atoms with van der Waals surface area (Å²) in [5, 5.41) is 4.63. The molecule has 3 nitrogen and oxygen atoms in total. The molecule has 25 heavy (non-hydrogen) atoms. The Balaban J connectivity index is 1.92. The summed E-state index contributed by atoms with van der Waals surface area (Å²) in [6.07, 6.45) is 1.64. The molecule has 0 saturated carbocycles. The molecule has 0 bridgehead atoms. The number of anilines is 2. The van der Waals surface area contributed by atoms with Crippen LogP contribution in [0.1, 0.15) is 16.0 Å². The van der Waals surface area contributed by atoms with Gasteiger partial charge >= 0.3 is 0 Å². The topological polar surface area (TPSA) is 37.8 Å². The van der Waals surface area contributed by atoms with Crippen molar-refractivity contribution in [1.82, 2.24) is 9.97 Å². The normalized spacial score (nSPS) is 11.0. The number of nitrogens with one attached hydrogen (secondary N) is 1. The van der Waals surface area contributed by atoms with Gasteiger partial charge < -0.3 is 5.32 Å². The summed E-state index contributed by atoms with van der Waals surface area (Å²) in [4.78, 5) is 11.3. The first kappa shape index (κ1) is 15.8. The highest BCUT2D eigenvalue weighted by atomic mass is 32.1. The van der Waals surface area contributed by atoms with Crippen LogP contribution in [0.3, 0.4) is 0 Å². The second kappa shape index (κ2) is 6.30. The van der Waals surface area contributed by atoms with Gasteiger partial charge in [0.25, 0.3) is 0 Å². The Kier molecular flexibility index (Phi) is 3.98. The van der Waals surface area contributed by atoms with E-state index in [4.69, 9.17) is 0 Å². The molecule has 0 spiro atoms. The fraction of sp³-hybridized carbons (Fsp3) is 0.143. The van der Waals surface area contributed by atoms with Gasteiger partial charge in [-0.15, -0.1) is 11.3 Å². The predicted octanol–water partition coefficient (Wildman–Crippen LogP) is 6.03. The lowest BCUT2D eigenvalue weighted by Gasteiger charge is -2.12. The smallest absolute Gasteiger partial charge is 0.143 e. The Morgan fingerprint density at radius 3 is 2.52 bits per heavy atom. The van der Waals surface area contributed by atoms with E-state index in [1.54, 1.807) is 17.7 Å². The number of thiophene rings is 1. The van der Waals surface area contributed by atoms with Crippen molar-refractivity contribution in [3.05, 3.63) is 70.9 Å². The molecule has 0 fully saturated rings. The number of fused-ring (bicyclic) bond motifs is 1. The highest BCUT2D eigenvalue weighted by Crippen LogP contribution is 2.41. The fourth-order valence-corrected chi connectivity index (χ4v) is 4.10. The first-order valence-corrected chi connectivity index (χ1v) is 9.09. The third-order valence-electron chi connectivity index (χ3n) is 4.37. The Hall–Kier alpha value is -2.72. The lowest BCUT2D eigenvalue weighted by atomic mass is 10.0. The lowest BCUT2D eigenvalue weighted by Crippen LogP contribution is -1.98. The summed E-state index contributed by atoms with van der Waals surface area (Å²) in [5.74, 6) is 0.863. The van der Waals surface area contributed by atoms with Gasteiger partial charge in [0.2, 0.25) is 0 Å². The molecule has 124 valence electrons. The molecule has 0 unspecified atom stereocenters. The van der Waals surface area contributed by atoms with E-state index < -0.39 is 0 Å². The quantitative estimate of drug-likeness (QED) is 0.493. The number of hydrogen-bond donors (Lipinski definition) is 1. The van der Waals surface area contributed by atoms with Crippen LogP contribution in [0.2, 0.25) is 0 Å². The molecule has 2 aromatic carbocycles. The maximum Gasteiger partial charge on any atom is 0.143 e. The van der Waals surface area contributed by atoms with Crippen molar-refractivity contribution < 1.29 is 0 Å². The van der Waals surface area contributed by atoms with Gasteiger partial charge in [-0.1, -0.05) is 42.5 Å². The van der Waals surface area contributed by atoms with E-state index in [0.29, 0.717) is 0 Å². The summed E-state index contributed by atoms with van der Waals surface area (Å²) < 4.78 is 0. The Bertz CT molecular complexity index is 1050. The molecular weight excluding hydrogens is 326 g/mol. The van der Waals surface area contributed by atoms with Gasteiger partial charge in [-0.05, 0) is 43.5 Å². The minimum absolute atomic E-state index is 0.863. The summed E-state index contributed by atoms with van der Waals surface area (Å²) in [6.45, 7) is 6.36. The molecule has 2 aromatic heterocycles. The Labute approximate surface area is 151 Å². The first-order valence-electron chi connectivity index (χ1n) is 8.27. The maximum absolute atomic E-state index is 4.56. The molecular formula is C21H19N3S. The number of aromatic nitrogens is 2. The van der Waals surface area contributed by atoms with Gasteiger partial charge in [0.15, 0.2) is 0 Å². The molecule has 0 radical (unpaired) electrons. The molecule has 0 aliphatic rings. The second-order valence-corrected chi connectivity index (χ2v) is 7.45. The Morgan fingerprint density at radius 2 is 1.72 bits per heavy atom. The summed E-state index contributed by atoms with van der Waals surface area (Å²) in [6, 6.07) is 16.9. The van der Waals surface area contributed by atoms with Gasteiger partial charge in [-0.2, -0.15) is 0 Å². The van der Waals surface area contributed by atoms with Gasteiger partial charge in [-0.25, -0.2) is 9.97 Å². The van der Waals surface area contributed by atoms with Crippen LogP contribution in [0, 0.1) is 20.8 Å². The van der Waals surface area contributed by atoms with Gasteiger partial charge in [-0.3, -0.25) is 0 Å². The minimum Gasteiger partial charge on any atom is -0.339 e. The van der Waals surface area contributed by atoms with Crippen LogP contribution in [-0.2, 0) is 0 Å². The molecule has 0 saturated heterocycles. The van der Waals surface area contributed by atoms with E-state index in [0.717, 1.165) is 21.7 Å². The highest BCUT2D eigenvalue weighted by molar-refractivity contribution is 7.19. The molecule has 4 aromatic rings. The fourth-order valence-electron chi connectivity index (χ4n) is 3.09. The number of hydrogen-bond acceptors (Lipinski definition) is 4. The van der Waals surface area contributed by atoms with E-state index in [2.05, 4.69) is 78.5 Å². The molecule has 1 N–H and O–H groups in total. The van der Waals surface area contributed by atoms with E-state index in [1.807, 2.05) is 6.07 Å². The van der Waals surface area contributed by atoms with Crippen LogP contribution in [-0.4, -0.2) is 9.97 Å². The van der Waals surface area contributed by atoms with Crippen molar-refractivity contribution >= 4 is 33.1 Å². The second-order valence-electron chi connectivity index (χ2n) is 6.25. The monoisotopic (exact) mass is 345 g/mol. The summed E-state index contributed by atoms with van der Waals surface area (Å²) in [7, 11) is 0. The minimum atomic E-state index is 0.863. The van der Waals surface area contributed by atoms with Gasteiger partial charge in [0, 0.05) is 16.1 Å². The van der Waals surface area contributed by atoms with Crippen molar-refractivity contribution in [2.24, 2.45) is 0 Å². The third kappa shape index (κ3) is 2.89. The summed E-state index contributed by atoms with van der Waals surface area (Å²) in [5.41, 5.74) is 5.93. The Morgan fingerprint density at radius 1 is 0.920 bits per heavy atom. The lowest BCUT2D eigenvalue weighted by molar-refractivity contribution is 1.22. The third-order valence-corrected chi connectivity index (χ3v) is 5.39. The van der Waals surface area contributed by atoms with Crippen LogP contribution in [0.5, 0.6) is 0 Å². The van der Waals surface area contributed by atoms with Crippen molar-refractivity contribution in [2.45, 2.75) is 20.8 Å². The van der Waals surface area contributed by atoms with E-state index in [9.17, 15) is 0 Å². The summed E-state index contributed by atoms with van der Waals surface area (Å²) >= 11 is 1.71. The van der Waals surface area contributed by atoms with Crippen molar-refractivity contribution in [2.75, 3.05) is 5.32 Å². The number of benzene rings is 2. The highest BCUT2D eigenvalue weighted by Gasteiger charge is 2.17. The number of rotatable bonds is 3. The largest absolute Gasteiger partial charge is 0.339 e. The van der Waals surface area contributed by atoms with Crippen LogP contribution in [0.15, 0.2) is 54.9 Å². The molecule has 0 aliphatic carbocycles. The average Bonchev–Trinajstić information content (AvgIpc) is 2.96. The van der Waals surface area contributed by atoms with Crippen LogP contribution < -0.4 is 5.32 Å². The van der Waals surface area contributed by atoms with Crippen LogP contribution in [0.4, 0.5) is 11.5 Å². The van der Waals surface area contributed by atoms with Gasteiger partial charge in [0.05, 0.1) is 5.39 Å². The number of aryl methyl sites for hydroxylation is 3. The zero-order valence-electron chi connectivity index (χ0n) is 14.5. The predicted molar refractivity (Wildman–Crippen MR) is 107 cm³/mol. The standard InChI is InChI=1S/C21H19N3S/c1-13-9-10-14(2)17(11-13)24-20-19-18(16-7-5-4-6-8-16)15(3)25-21(19)23-12-22-20/h4-12H,1-3H3,(H,22,23,24). The van der Waals surface area contributed by atoms with Crippen molar-refractivity contribution in [3.8, 4) is 11.1 Å². The van der Waals surface area contributed by atoms with Crippen molar-refractivity contribution in [3.63, 3.8) is 0 Å². The van der Waals surface area contributed by atoms with E-state index >= 15 is 0 Å².